The number of fused-ring (bicyclic) bond motifs is 1. The molecular weight excluding hydrogens is 322 g/mol. The van der Waals surface area contributed by atoms with E-state index in [9.17, 15) is 4.79 Å². The van der Waals surface area contributed by atoms with Crippen LogP contribution in [0.3, 0.4) is 0 Å². The number of carbonyl (C=O) groups excluding carboxylic acids is 1. The third-order valence-electron chi connectivity index (χ3n) is 4.93. The monoisotopic (exact) mass is 343 g/mol. The van der Waals surface area contributed by atoms with Crippen molar-refractivity contribution in [2.24, 2.45) is 0 Å². The van der Waals surface area contributed by atoms with E-state index in [2.05, 4.69) is 25.2 Å². The van der Waals surface area contributed by atoms with Crippen molar-refractivity contribution in [3.63, 3.8) is 0 Å². The lowest BCUT2D eigenvalue weighted by Gasteiger charge is -2.32. The van der Waals surface area contributed by atoms with Gasteiger partial charge < -0.3 is 5.32 Å². The molecule has 0 saturated carbocycles. The first-order valence-corrected chi connectivity index (χ1v) is 9.34. The number of nitrogens with zero attached hydrogens (tertiary/aromatic N) is 4. The van der Waals surface area contributed by atoms with Gasteiger partial charge in [0.1, 0.15) is 4.88 Å². The molecule has 7 heteroatoms. The fourth-order valence-electron chi connectivity index (χ4n) is 3.76. The summed E-state index contributed by atoms with van der Waals surface area (Å²) in [4.78, 5) is 28.9. The molecule has 2 atom stereocenters. The Bertz CT molecular complexity index is 732. The SMILES string of the molecule is Cc1nc(-c2ncccn2)sc1C(=O)N[C@H]1CCN2CCCC[C@@H]12. The molecule has 0 bridgehead atoms. The van der Waals surface area contributed by atoms with E-state index in [1.54, 1.807) is 18.5 Å². The Morgan fingerprint density at radius 2 is 2.08 bits per heavy atom. The number of thiazole rings is 1. The molecule has 0 aliphatic carbocycles. The maximum absolute atomic E-state index is 12.7. The van der Waals surface area contributed by atoms with E-state index in [1.165, 1.54) is 37.1 Å². The topological polar surface area (TPSA) is 71.0 Å². The molecule has 2 aromatic heterocycles. The summed E-state index contributed by atoms with van der Waals surface area (Å²) < 4.78 is 0. The van der Waals surface area contributed by atoms with Crippen molar-refractivity contribution < 1.29 is 4.79 Å². The molecule has 2 aliphatic heterocycles. The molecule has 0 spiro atoms. The second-order valence-electron chi connectivity index (χ2n) is 6.47. The van der Waals surface area contributed by atoms with Crippen LogP contribution < -0.4 is 5.32 Å². The lowest BCUT2D eigenvalue weighted by atomic mass is 9.99. The first kappa shape index (κ1) is 15.7. The lowest BCUT2D eigenvalue weighted by molar-refractivity contribution is 0.0918. The van der Waals surface area contributed by atoms with Crippen molar-refractivity contribution in [2.45, 2.75) is 44.7 Å². The molecule has 126 valence electrons. The van der Waals surface area contributed by atoms with Gasteiger partial charge in [-0.3, -0.25) is 9.69 Å². The Morgan fingerprint density at radius 3 is 2.92 bits per heavy atom. The Morgan fingerprint density at radius 1 is 1.25 bits per heavy atom. The first-order chi connectivity index (χ1) is 11.7. The van der Waals surface area contributed by atoms with Crippen molar-refractivity contribution in [2.75, 3.05) is 13.1 Å². The zero-order valence-electron chi connectivity index (χ0n) is 13.7. The highest BCUT2D eigenvalue weighted by atomic mass is 32.1. The molecule has 1 N–H and O–H groups in total. The standard InChI is InChI=1S/C17H21N5OS/c1-11-14(24-17(20-11)15-18-7-4-8-19-15)16(23)21-12-6-10-22-9-3-2-5-13(12)22/h4,7-8,12-13H,2-3,5-6,9-10H2,1H3,(H,21,23)/t12-,13-/m0/s1. The van der Waals surface area contributed by atoms with Gasteiger partial charge in [0, 0.05) is 31.0 Å². The fraction of sp³-hybridized carbons (Fsp3) is 0.529. The molecule has 4 rings (SSSR count). The highest BCUT2D eigenvalue weighted by Gasteiger charge is 2.36. The second-order valence-corrected chi connectivity index (χ2v) is 7.47. The van der Waals surface area contributed by atoms with Crippen molar-refractivity contribution in [1.29, 1.82) is 0 Å². The van der Waals surface area contributed by atoms with Gasteiger partial charge in [0.25, 0.3) is 5.91 Å². The minimum atomic E-state index is -0.00963. The van der Waals surface area contributed by atoms with Gasteiger partial charge in [-0.2, -0.15) is 0 Å². The molecule has 2 fully saturated rings. The quantitative estimate of drug-likeness (QED) is 0.926. The van der Waals surface area contributed by atoms with Crippen molar-refractivity contribution in [3.05, 3.63) is 29.0 Å². The van der Waals surface area contributed by atoms with Crippen LogP contribution in [0.4, 0.5) is 0 Å². The normalized spacial score (nSPS) is 23.9. The Labute approximate surface area is 145 Å². The Balaban J connectivity index is 1.50. The van der Waals surface area contributed by atoms with Crippen LogP contribution in [0.25, 0.3) is 10.8 Å². The van der Waals surface area contributed by atoms with E-state index in [0.717, 1.165) is 18.7 Å². The van der Waals surface area contributed by atoms with Gasteiger partial charge in [0.05, 0.1) is 5.69 Å². The van der Waals surface area contributed by atoms with E-state index in [-0.39, 0.29) is 11.9 Å². The number of piperidine rings is 1. The minimum Gasteiger partial charge on any atom is -0.347 e. The van der Waals surface area contributed by atoms with Crippen molar-refractivity contribution in [1.82, 2.24) is 25.2 Å². The molecule has 24 heavy (non-hydrogen) atoms. The third kappa shape index (κ3) is 2.93. The summed E-state index contributed by atoms with van der Waals surface area (Å²) in [6.07, 6.45) is 8.16. The number of carbonyl (C=O) groups is 1. The van der Waals surface area contributed by atoms with Crippen LogP contribution in [0.1, 0.15) is 41.0 Å². The summed E-state index contributed by atoms with van der Waals surface area (Å²) in [5.41, 5.74) is 0.749. The molecular formula is C17H21N5OS. The van der Waals surface area contributed by atoms with Gasteiger partial charge >= 0.3 is 0 Å². The molecule has 1 amide bonds. The molecule has 0 unspecified atom stereocenters. The molecule has 2 aliphatic rings. The summed E-state index contributed by atoms with van der Waals surface area (Å²) in [7, 11) is 0. The van der Waals surface area contributed by atoms with Gasteiger partial charge in [0.15, 0.2) is 10.8 Å². The van der Waals surface area contributed by atoms with Crippen molar-refractivity contribution >= 4 is 17.2 Å². The number of aromatic nitrogens is 3. The summed E-state index contributed by atoms with van der Waals surface area (Å²) in [6, 6.07) is 2.54. The third-order valence-corrected chi connectivity index (χ3v) is 6.08. The zero-order valence-corrected chi connectivity index (χ0v) is 14.6. The van der Waals surface area contributed by atoms with E-state index in [0.29, 0.717) is 21.8 Å². The van der Waals surface area contributed by atoms with Gasteiger partial charge in [0.2, 0.25) is 0 Å². The average Bonchev–Trinajstić information content (AvgIpc) is 3.20. The number of hydrogen-bond donors (Lipinski definition) is 1. The van der Waals surface area contributed by atoms with Crippen LogP contribution in [-0.4, -0.2) is 50.9 Å². The van der Waals surface area contributed by atoms with Crippen molar-refractivity contribution in [3.8, 4) is 10.8 Å². The highest BCUT2D eigenvalue weighted by Crippen LogP contribution is 2.29. The maximum Gasteiger partial charge on any atom is 0.263 e. The van der Waals surface area contributed by atoms with Crippen LogP contribution in [-0.2, 0) is 0 Å². The Hall–Kier alpha value is -1.86. The fourth-order valence-corrected chi connectivity index (χ4v) is 4.68. The van der Waals surface area contributed by atoms with Crippen LogP contribution in [0.2, 0.25) is 0 Å². The van der Waals surface area contributed by atoms with Gasteiger partial charge in [-0.1, -0.05) is 6.42 Å². The predicted octanol–water partition coefficient (Wildman–Crippen LogP) is 2.27. The van der Waals surface area contributed by atoms with E-state index < -0.39 is 0 Å². The van der Waals surface area contributed by atoms with E-state index >= 15 is 0 Å². The van der Waals surface area contributed by atoms with Gasteiger partial charge in [-0.05, 0) is 38.8 Å². The minimum absolute atomic E-state index is 0.00963. The van der Waals surface area contributed by atoms with Crippen LogP contribution in [0.15, 0.2) is 18.5 Å². The number of nitrogens with one attached hydrogen (secondary N) is 1. The molecule has 0 radical (unpaired) electrons. The summed E-state index contributed by atoms with van der Waals surface area (Å²) >= 11 is 1.37. The first-order valence-electron chi connectivity index (χ1n) is 8.52. The Kier molecular flexibility index (Phi) is 4.28. The number of hydrogen-bond acceptors (Lipinski definition) is 6. The summed E-state index contributed by atoms with van der Waals surface area (Å²) in [5.74, 6) is 0.563. The maximum atomic E-state index is 12.7. The number of rotatable bonds is 3. The molecule has 2 aromatic rings. The summed E-state index contributed by atoms with van der Waals surface area (Å²) in [5, 5.41) is 3.95. The van der Waals surface area contributed by atoms with Crippen LogP contribution in [0.5, 0.6) is 0 Å². The summed E-state index contributed by atoms with van der Waals surface area (Å²) in [6.45, 7) is 4.14. The van der Waals surface area contributed by atoms with Crippen LogP contribution >= 0.6 is 11.3 Å². The molecule has 2 saturated heterocycles. The number of amides is 1. The molecule has 0 aromatic carbocycles. The molecule has 4 heterocycles. The number of aryl methyl sites for hydroxylation is 1. The predicted molar refractivity (Wildman–Crippen MR) is 93.0 cm³/mol. The van der Waals surface area contributed by atoms with Gasteiger partial charge in [-0.15, -0.1) is 11.3 Å². The lowest BCUT2D eigenvalue weighted by Crippen LogP contribution is -2.46. The highest BCUT2D eigenvalue weighted by molar-refractivity contribution is 7.17. The van der Waals surface area contributed by atoms with E-state index in [4.69, 9.17) is 0 Å². The zero-order chi connectivity index (χ0) is 16.5. The van der Waals surface area contributed by atoms with Crippen LogP contribution in [0, 0.1) is 6.92 Å². The largest absolute Gasteiger partial charge is 0.347 e. The average molecular weight is 343 g/mol. The van der Waals surface area contributed by atoms with Gasteiger partial charge in [-0.25, -0.2) is 15.0 Å². The second kappa shape index (κ2) is 6.57. The molecule has 6 nitrogen and oxygen atoms in total. The van der Waals surface area contributed by atoms with E-state index in [1.807, 2.05) is 6.92 Å². The smallest absolute Gasteiger partial charge is 0.263 e.